The van der Waals surface area contributed by atoms with Gasteiger partial charge in [0, 0.05) is 17.7 Å². The van der Waals surface area contributed by atoms with Crippen LogP contribution >= 0.6 is 0 Å². The number of aromatic hydroxyl groups is 1. The molecule has 126 valence electrons. The summed E-state index contributed by atoms with van der Waals surface area (Å²) >= 11 is 0. The minimum absolute atomic E-state index is 0.000104. The first-order valence-corrected chi connectivity index (χ1v) is 8.44. The van der Waals surface area contributed by atoms with Gasteiger partial charge >= 0.3 is 0 Å². The second kappa shape index (κ2) is 6.13. The Morgan fingerprint density at radius 1 is 1.16 bits per heavy atom. The molecule has 1 aliphatic heterocycles. The molecule has 0 radical (unpaired) electrons. The van der Waals surface area contributed by atoms with Crippen molar-refractivity contribution in [3.63, 3.8) is 0 Å². The van der Waals surface area contributed by atoms with E-state index in [1.807, 2.05) is 43.3 Å². The first-order valence-electron chi connectivity index (χ1n) is 8.44. The average Bonchev–Trinajstić information content (AvgIpc) is 2.63. The lowest BCUT2D eigenvalue weighted by Crippen LogP contribution is -2.23. The molecule has 0 spiro atoms. The number of fused-ring (bicyclic) bond motifs is 3. The minimum atomic E-state index is -0.0619. The number of nitrogens with one attached hydrogen (secondary N) is 1. The van der Waals surface area contributed by atoms with E-state index in [1.165, 1.54) is 0 Å². The number of carbonyl (C=O) groups excluding carboxylic acids is 1. The monoisotopic (exact) mass is 333 g/mol. The van der Waals surface area contributed by atoms with Crippen molar-refractivity contribution in [1.82, 2.24) is 0 Å². The Balaban J connectivity index is 1.86. The summed E-state index contributed by atoms with van der Waals surface area (Å²) in [5.41, 5.74) is 2.93. The number of amides is 1. The predicted molar refractivity (Wildman–Crippen MR) is 98.3 cm³/mol. The zero-order valence-electron chi connectivity index (χ0n) is 14.0. The van der Waals surface area contributed by atoms with Crippen molar-refractivity contribution < 1.29 is 14.6 Å². The van der Waals surface area contributed by atoms with Crippen LogP contribution in [-0.2, 0) is 4.79 Å². The Hall–Kier alpha value is -3.01. The first kappa shape index (κ1) is 15.5. The molecule has 2 N–H and O–H groups in total. The van der Waals surface area contributed by atoms with Crippen LogP contribution < -0.4 is 10.1 Å². The third-order valence-electron chi connectivity index (χ3n) is 4.68. The van der Waals surface area contributed by atoms with Gasteiger partial charge in [-0.1, -0.05) is 42.5 Å². The Labute approximate surface area is 146 Å². The molecule has 0 aromatic heterocycles. The topological polar surface area (TPSA) is 58.6 Å². The highest BCUT2D eigenvalue weighted by molar-refractivity contribution is 6.06. The van der Waals surface area contributed by atoms with E-state index in [0.29, 0.717) is 18.8 Å². The number of phenols is 1. The summed E-state index contributed by atoms with van der Waals surface area (Å²) in [7, 11) is 0. The Morgan fingerprint density at radius 3 is 2.84 bits per heavy atom. The van der Waals surface area contributed by atoms with Crippen molar-refractivity contribution in [2.75, 3.05) is 11.9 Å². The fourth-order valence-electron chi connectivity index (χ4n) is 3.52. The van der Waals surface area contributed by atoms with E-state index >= 15 is 0 Å². The fourth-order valence-corrected chi connectivity index (χ4v) is 3.52. The normalized spacial score (nSPS) is 16.4. The first-order chi connectivity index (χ1) is 12.2. The van der Waals surface area contributed by atoms with E-state index in [0.717, 1.165) is 27.6 Å². The third-order valence-corrected chi connectivity index (χ3v) is 4.68. The summed E-state index contributed by atoms with van der Waals surface area (Å²) in [4.78, 5) is 12.3. The number of ether oxygens (including phenoxy) is 1. The van der Waals surface area contributed by atoms with Gasteiger partial charge < -0.3 is 15.2 Å². The quantitative estimate of drug-likeness (QED) is 0.746. The number of carbonyl (C=O) groups is 1. The average molecular weight is 333 g/mol. The lowest BCUT2D eigenvalue weighted by atomic mass is 9.83. The van der Waals surface area contributed by atoms with Crippen LogP contribution in [0, 0.1) is 0 Å². The van der Waals surface area contributed by atoms with Gasteiger partial charge in [0.05, 0.1) is 12.3 Å². The van der Waals surface area contributed by atoms with Crippen LogP contribution in [0.1, 0.15) is 30.4 Å². The number of phenolic OH excluding ortho intramolecular Hbond substituents is 1. The third kappa shape index (κ3) is 2.70. The molecule has 0 aliphatic carbocycles. The molecule has 1 heterocycles. The van der Waals surface area contributed by atoms with Crippen molar-refractivity contribution in [3.8, 4) is 11.5 Å². The molecular weight excluding hydrogens is 314 g/mol. The van der Waals surface area contributed by atoms with Crippen LogP contribution in [0.25, 0.3) is 10.8 Å². The molecule has 4 rings (SSSR count). The molecule has 0 saturated heterocycles. The summed E-state index contributed by atoms with van der Waals surface area (Å²) in [6, 6.07) is 17.5. The van der Waals surface area contributed by atoms with Crippen LogP contribution in [0.4, 0.5) is 5.69 Å². The van der Waals surface area contributed by atoms with E-state index in [1.54, 1.807) is 6.07 Å². The van der Waals surface area contributed by atoms with Crippen molar-refractivity contribution in [2.45, 2.75) is 19.3 Å². The van der Waals surface area contributed by atoms with E-state index in [4.69, 9.17) is 4.74 Å². The molecule has 0 unspecified atom stereocenters. The van der Waals surface area contributed by atoms with Gasteiger partial charge in [0.2, 0.25) is 5.91 Å². The van der Waals surface area contributed by atoms with Gasteiger partial charge in [0.25, 0.3) is 0 Å². The molecule has 1 atom stereocenters. The van der Waals surface area contributed by atoms with Crippen molar-refractivity contribution in [2.24, 2.45) is 0 Å². The van der Waals surface area contributed by atoms with Crippen molar-refractivity contribution >= 4 is 22.4 Å². The number of anilines is 1. The molecule has 1 aliphatic rings. The summed E-state index contributed by atoms with van der Waals surface area (Å²) in [6.07, 6.45) is 0.377. The van der Waals surface area contributed by atoms with Gasteiger partial charge in [-0.05, 0) is 35.6 Å². The lowest BCUT2D eigenvalue weighted by Gasteiger charge is -2.27. The van der Waals surface area contributed by atoms with Gasteiger partial charge in [-0.3, -0.25) is 4.79 Å². The van der Waals surface area contributed by atoms with Crippen LogP contribution in [0.5, 0.6) is 11.5 Å². The molecular formula is C21H19NO3. The maximum Gasteiger partial charge on any atom is 0.225 e. The molecule has 0 fully saturated rings. The standard InChI is InChI=1S/C21H19NO3/c1-2-25-19-11-14(8-10-18(19)23)17-12-20(24)22-21-15-6-4-3-5-13(15)7-9-16(17)21/h3-11,17,23H,2,12H2,1H3,(H,22,24)/t17-/m1/s1. The number of hydrogen-bond donors (Lipinski definition) is 2. The zero-order chi connectivity index (χ0) is 17.4. The second-order valence-corrected chi connectivity index (χ2v) is 6.22. The molecule has 0 saturated carbocycles. The largest absolute Gasteiger partial charge is 0.504 e. The summed E-state index contributed by atoms with van der Waals surface area (Å²) in [5.74, 6) is 0.506. The van der Waals surface area contributed by atoms with Gasteiger partial charge in [-0.15, -0.1) is 0 Å². The molecule has 4 heteroatoms. The highest BCUT2D eigenvalue weighted by atomic mass is 16.5. The van der Waals surface area contributed by atoms with Crippen LogP contribution in [0.15, 0.2) is 54.6 Å². The predicted octanol–water partition coefficient (Wildman–Crippen LogP) is 4.42. The van der Waals surface area contributed by atoms with Crippen LogP contribution in [-0.4, -0.2) is 17.6 Å². The highest BCUT2D eigenvalue weighted by Gasteiger charge is 2.28. The number of rotatable bonds is 3. The van der Waals surface area contributed by atoms with E-state index in [-0.39, 0.29) is 17.6 Å². The van der Waals surface area contributed by atoms with E-state index in [2.05, 4.69) is 17.4 Å². The van der Waals surface area contributed by atoms with Gasteiger partial charge in [0.1, 0.15) is 0 Å². The zero-order valence-corrected chi connectivity index (χ0v) is 14.0. The molecule has 25 heavy (non-hydrogen) atoms. The highest BCUT2D eigenvalue weighted by Crippen LogP contribution is 2.42. The molecule has 3 aromatic rings. The molecule has 1 amide bonds. The Kier molecular flexibility index (Phi) is 3.80. The van der Waals surface area contributed by atoms with Crippen molar-refractivity contribution in [3.05, 3.63) is 65.7 Å². The summed E-state index contributed by atoms with van der Waals surface area (Å²) < 4.78 is 5.50. The number of hydrogen-bond acceptors (Lipinski definition) is 3. The second-order valence-electron chi connectivity index (χ2n) is 6.22. The Bertz CT molecular complexity index is 965. The van der Waals surface area contributed by atoms with Gasteiger partial charge in [-0.2, -0.15) is 0 Å². The van der Waals surface area contributed by atoms with Crippen LogP contribution in [0.3, 0.4) is 0 Å². The van der Waals surface area contributed by atoms with E-state index < -0.39 is 0 Å². The van der Waals surface area contributed by atoms with Crippen LogP contribution in [0.2, 0.25) is 0 Å². The molecule has 3 aromatic carbocycles. The summed E-state index contributed by atoms with van der Waals surface area (Å²) in [6.45, 7) is 2.35. The Morgan fingerprint density at radius 2 is 2.00 bits per heavy atom. The van der Waals surface area contributed by atoms with E-state index in [9.17, 15) is 9.90 Å². The fraction of sp³-hybridized carbons (Fsp3) is 0.190. The lowest BCUT2D eigenvalue weighted by molar-refractivity contribution is -0.116. The van der Waals surface area contributed by atoms with Gasteiger partial charge in [-0.25, -0.2) is 0 Å². The molecule has 0 bridgehead atoms. The number of benzene rings is 3. The van der Waals surface area contributed by atoms with Crippen molar-refractivity contribution in [1.29, 1.82) is 0 Å². The maximum absolute atomic E-state index is 12.3. The smallest absolute Gasteiger partial charge is 0.225 e. The summed E-state index contributed by atoms with van der Waals surface area (Å²) in [5, 5.41) is 15.1. The minimum Gasteiger partial charge on any atom is -0.504 e. The maximum atomic E-state index is 12.3. The van der Waals surface area contributed by atoms with Gasteiger partial charge in [0.15, 0.2) is 11.5 Å². The SMILES string of the molecule is CCOc1cc([C@H]2CC(=O)Nc3c2ccc2ccccc32)ccc1O. The molecule has 4 nitrogen and oxygen atoms in total.